The average molecular weight is 353 g/mol. The van der Waals surface area contributed by atoms with E-state index >= 15 is 0 Å². The first-order valence-corrected chi connectivity index (χ1v) is 8.88. The minimum Gasteiger partial charge on any atom is -0.355 e. The molecule has 2 N–H and O–H groups in total. The molecule has 5 nitrogen and oxygen atoms in total. The smallest absolute Gasteiger partial charge is 0.238 e. The highest BCUT2D eigenvalue weighted by Gasteiger charge is 2.10. The maximum Gasteiger partial charge on any atom is 0.238 e. The van der Waals surface area contributed by atoms with Crippen LogP contribution >= 0.6 is 0 Å². The first-order valence-electron chi connectivity index (χ1n) is 8.88. The normalized spacial score (nSPS) is 10.6. The summed E-state index contributed by atoms with van der Waals surface area (Å²) in [5.41, 5.74) is 3.18. The van der Waals surface area contributed by atoms with Crippen LogP contribution in [0.5, 0.6) is 0 Å². The van der Waals surface area contributed by atoms with Crippen molar-refractivity contribution in [2.45, 2.75) is 19.8 Å². The van der Waals surface area contributed by atoms with Gasteiger partial charge in [-0.25, -0.2) is 0 Å². The van der Waals surface area contributed by atoms with Crippen LogP contribution in [0.4, 0.5) is 5.69 Å². The quantitative estimate of drug-likeness (QED) is 0.681. The topological polar surface area (TPSA) is 61.4 Å². The molecule has 0 unspecified atom stereocenters. The van der Waals surface area contributed by atoms with Crippen LogP contribution in [0.15, 0.2) is 54.6 Å². The predicted molar refractivity (Wildman–Crippen MR) is 105 cm³/mol. The highest BCUT2D eigenvalue weighted by Crippen LogP contribution is 2.08. The van der Waals surface area contributed by atoms with Crippen molar-refractivity contribution >= 4 is 17.5 Å². The third kappa shape index (κ3) is 7.49. The summed E-state index contributed by atoms with van der Waals surface area (Å²) in [5, 5.41) is 5.73. The molecule has 0 heterocycles. The lowest BCUT2D eigenvalue weighted by molar-refractivity contribution is -0.122. The lowest BCUT2D eigenvalue weighted by Crippen LogP contribution is -2.39. The third-order valence-corrected chi connectivity index (χ3v) is 3.97. The zero-order valence-electron chi connectivity index (χ0n) is 15.5. The second-order valence-electron chi connectivity index (χ2n) is 6.53. The number of rotatable bonds is 9. The van der Waals surface area contributed by atoms with Crippen molar-refractivity contribution in [1.82, 2.24) is 10.2 Å². The predicted octanol–water partition coefficient (Wildman–Crippen LogP) is 2.61. The van der Waals surface area contributed by atoms with Gasteiger partial charge in [0.05, 0.1) is 13.1 Å². The summed E-state index contributed by atoms with van der Waals surface area (Å²) in [5.74, 6) is -0.197. The molecule has 0 aliphatic rings. The van der Waals surface area contributed by atoms with Crippen molar-refractivity contribution in [3.8, 4) is 0 Å². The van der Waals surface area contributed by atoms with Crippen molar-refractivity contribution in [2.75, 3.05) is 32.0 Å². The third-order valence-electron chi connectivity index (χ3n) is 3.97. The Balaban J connectivity index is 1.61. The van der Waals surface area contributed by atoms with Crippen LogP contribution < -0.4 is 10.6 Å². The van der Waals surface area contributed by atoms with E-state index in [0.717, 1.165) is 24.1 Å². The fourth-order valence-corrected chi connectivity index (χ4v) is 2.60. The number of anilines is 1. The van der Waals surface area contributed by atoms with Crippen molar-refractivity contribution in [1.29, 1.82) is 0 Å². The molecule has 2 rings (SSSR count). The molecule has 0 radical (unpaired) electrons. The number of aryl methyl sites for hydroxylation is 2. The largest absolute Gasteiger partial charge is 0.355 e. The molecule has 0 atom stereocenters. The lowest BCUT2D eigenvalue weighted by atomic mass is 10.1. The first kappa shape index (κ1) is 19.7. The second kappa shape index (κ2) is 10.4. The van der Waals surface area contributed by atoms with E-state index in [2.05, 4.69) is 22.8 Å². The summed E-state index contributed by atoms with van der Waals surface area (Å²) >= 11 is 0. The van der Waals surface area contributed by atoms with Gasteiger partial charge in [-0.2, -0.15) is 0 Å². The molecule has 138 valence electrons. The molecule has 0 saturated carbocycles. The van der Waals surface area contributed by atoms with Crippen LogP contribution in [-0.2, 0) is 16.0 Å². The number of hydrogen-bond donors (Lipinski definition) is 2. The number of nitrogens with one attached hydrogen (secondary N) is 2. The maximum absolute atomic E-state index is 12.0. The number of hydrogen-bond acceptors (Lipinski definition) is 3. The van der Waals surface area contributed by atoms with Gasteiger partial charge in [-0.15, -0.1) is 0 Å². The molecule has 26 heavy (non-hydrogen) atoms. The lowest BCUT2D eigenvalue weighted by Gasteiger charge is -2.16. The van der Waals surface area contributed by atoms with E-state index in [-0.39, 0.29) is 24.9 Å². The SMILES string of the molecule is Cc1ccc(NC(=O)CN(C)CC(=O)NCCCc2ccccc2)cc1. The zero-order chi connectivity index (χ0) is 18.8. The maximum atomic E-state index is 12.0. The fourth-order valence-electron chi connectivity index (χ4n) is 2.60. The van der Waals surface area contributed by atoms with E-state index in [9.17, 15) is 9.59 Å². The van der Waals surface area contributed by atoms with E-state index < -0.39 is 0 Å². The molecule has 2 aromatic rings. The van der Waals surface area contributed by atoms with Crippen LogP contribution in [0, 0.1) is 6.92 Å². The van der Waals surface area contributed by atoms with Crippen LogP contribution in [0.2, 0.25) is 0 Å². The number of amides is 2. The second-order valence-corrected chi connectivity index (χ2v) is 6.53. The van der Waals surface area contributed by atoms with Gasteiger partial charge in [0.2, 0.25) is 11.8 Å². The Morgan fingerprint density at radius 1 is 0.923 bits per heavy atom. The molecule has 0 spiro atoms. The first-order chi connectivity index (χ1) is 12.5. The molecule has 0 aliphatic heterocycles. The number of likely N-dealkylation sites (N-methyl/N-ethyl adjacent to an activating group) is 1. The van der Waals surface area contributed by atoms with Gasteiger partial charge in [0.25, 0.3) is 0 Å². The minimum absolute atomic E-state index is 0.0660. The summed E-state index contributed by atoms with van der Waals surface area (Å²) in [6.45, 7) is 3.01. The molecular formula is C21H27N3O2. The van der Waals surface area contributed by atoms with Crippen LogP contribution in [-0.4, -0.2) is 43.4 Å². The highest BCUT2D eigenvalue weighted by molar-refractivity contribution is 5.92. The van der Waals surface area contributed by atoms with Crippen LogP contribution in [0.25, 0.3) is 0 Å². The van der Waals surface area contributed by atoms with Crippen molar-refractivity contribution < 1.29 is 9.59 Å². The molecule has 0 aromatic heterocycles. The van der Waals surface area contributed by atoms with Gasteiger partial charge >= 0.3 is 0 Å². The van der Waals surface area contributed by atoms with Gasteiger partial charge in [0.15, 0.2) is 0 Å². The average Bonchev–Trinajstić information content (AvgIpc) is 2.61. The number of nitrogens with zero attached hydrogens (tertiary/aromatic N) is 1. The van der Waals surface area contributed by atoms with Gasteiger partial charge in [0.1, 0.15) is 0 Å². The minimum atomic E-state index is -0.131. The van der Waals surface area contributed by atoms with Gasteiger partial charge in [0, 0.05) is 12.2 Å². The zero-order valence-corrected chi connectivity index (χ0v) is 15.5. The molecule has 5 heteroatoms. The Labute approximate surface area is 155 Å². The van der Waals surface area contributed by atoms with E-state index in [1.54, 1.807) is 11.9 Å². The standard InChI is InChI=1S/C21H27N3O2/c1-17-10-12-19(13-11-17)23-21(26)16-24(2)15-20(25)22-14-6-9-18-7-4-3-5-8-18/h3-5,7-8,10-13H,6,9,14-16H2,1-2H3,(H,22,25)(H,23,26). The summed E-state index contributed by atoms with van der Waals surface area (Å²) in [4.78, 5) is 25.7. The Morgan fingerprint density at radius 3 is 2.27 bits per heavy atom. The summed E-state index contributed by atoms with van der Waals surface area (Å²) in [7, 11) is 1.76. The number of carbonyl (C=O) groups excluding carboxylic acids is 2. The summed E-state index contributed by atoms with van der Waals surface area (Å²) in [6.07, 6.45) is 1.84. The van der Waals surface area contributed by atoms with E-state index in [1.165, 1.54) is 5.56 Å². The van der Waals surface area contributed by atoms with Gasteiger partial charge in [-0.05, 0) is 44.5 Å². The van der Waals surface area contributed by atoms with E-state index in [4.69, 9.17) is 0 Å². The van der Waals surface area contributed by atoms with Gasteiger partial charge in [-0.3, -0.25) is 14.5 Å². The number of carbonyl (C=O) groups is 2. The Hall–Kier alpha value is -2.66. The van der Waals surface area contributed by atoms with E-state index in [0.29, 0.717) is 6.54 Å². The van der Waals surface area contributed by atoms with Crippen LogP contribution in [0.1, 0.15) is 17.5 Å². The molecular weight excluding hydrogens is 326 g/mol. The highest BCUT2D eigenvalue weighted by atomic mass is 16.2. The molecule has 2 aromatic carbocycles. The van der Waals surface area contributed by atoms with Crippen molar-refractivity contribution in [3.05, 3.63) is 65.7 Å². The van der Waals surface area contributed by atoms with Crippen molar-refractivity contribution in [3.63, 3.8) is 0 Å². The number of benzene rings is 2. The fraction of sp³-hybridized carbons (Fsp3) is 0.333. The monoisotopic (exact) mass is 353 g/mol. The molecule has 0 fully saturated rings. The molecule has 0 aliphatic carbocycles. The van der Waals surface area contributed by atoms with E-state index in [1.807, 2.05) is 49.4 Å². The Bertz CT molecular complexity index is 699. The Kier molecular flexibility index (Phi) is 7.83. The van der Waals surface area contributed by atoms with Crippen molar-refractivity contribution in [2.24, 2.45) is 0 Å². The molecule has 0 saturated heterocycles. The summed E-state index contributed by atoms with van der Waals surface area (Å²) in [6, 6.07) is 17.8. The van der Waals surface area contributed by atoms with Gasteiger partial charge < -0.3 is 10.6 Å². The van der Waals surface area contributed by atoms with Crippen LogP contribution in [0.3, 0.4) is 0 Å². The Morgan fingerprint density at radius 2 is 1.58 bits per heavy atom. The summed E-state index contributed by atoms with van der Waals surface area (Å²) < 4.78 is 0. The molecule has 0 bridgehead atoms. The van der Waals surface area contributed by atoms with Gasteiger partial charge in [-0.1, -0.05) is 48.0 Å². The molecule has 2 amide bonds.